The Morgan fingerprint density at radius 2 is 1.85 bits per heavy atom. The normalized spacial score (nSPS) is 24.0. The highest BCUT2D eigenvalue weighted by molar-refractivity contribution is 6.03. The van der Waals surface area contributed by atoms with Crippen LogP contribution in [-0.2, 0) is 17.9 Å². The van der Waals surface area contributed by atoms with E-state index in [1.165, 1.54) is 6.42 Å². The minimum atomic E-state index is -1.11. The number of hydrogen-bond donors (Lipinski definition) is 1. The highest BCUT2D eigenvalue weighted by atomic mass is 16.7. The number of nitrogens with zero attached hydrogens (tertiary/aromatic N) is 3. The quantitative estimate of drug-likeness (QED) is 0.414. The van der Waals surface area contributed by atoms with Crippen LogP contribution in [0.2, 0.25) is 0 Å². The first-order valence-corrected chi connectivity index (χ1v) is 14.6. The molecule has 0 unspecified atom stereocenters. The van der Waals surface area contributed by atoms with Gasteiger partial charge in [0.2, 0.25) is 12.7 Å². The van der Waals surface area contributed by atoms with E-state index in [0.717, 1.165) is 42.5 Å². The Labute approximate surface area is 241 Å². The Hall–Kier alpha value is -3.72. The standard InChI is InChI=1S/C32H40N4O5/c1-21-12-22(2)17-34(16-21)11-5-10-33-31(38)32(3)19-35-26-15-25(39-4)8-7-24(26)14-27(35)30(37)36(32)18-23-6-9-28-29(13-23)41-20-40-28/h6-9,13-15,21-22H,5,10-12,16-20H2,1-4H3,(H,33,38)/t21-,22+,32-/m0/s1. The van der Waals surface area contributed by atoms with Crippen molar-refractivity contribution >= 4 is 22.7 Å². The van der Waals surface area contributed by atoms with Crippen LogP contribution >= 0.6 is 0 Å². The molecule has 2 amide bonds. The summed E-state index contributed by atoms with van der Waals surface area (Å²) in [5.74, 6) is 3.12. The van der Waals surface area contributed by atoms with E-state index in [4.69, 9.17) is 14.2 Å². The van der Waals surface area contributed by atoms with Crippen LogP contribution in [0.3, 0.4) is 0 Å². The number of fused-ring (bicyclic) bond motifs is 4. The lowest BCUT2D eigenvalue weighted by atomic mass is 9.92. The average Bonchev–Trinajstić information content (AvgIpc) is 3.56. The van der Waals surface area contributed by atoms with Crippen LogP contribution in [0.4, 0.5) is 0 Å². The molecule has 9 nitrogen and oxygen atoms in total. The maximum Gasteiger partial charge on any atom is 0.271 e. The number of aromatic nitrogens is 1. The molecule has 0 saturated carbocycles. The van der Waals surface area contributed by atoms with Crippen LogP contribution in [0.25, 0.3) is 10.9 Å². The summed E-state index contributed by atoms with van der Waals surface area (Å²) in [4.78, 5) is 32.3. The highest BCUT2D eigenvalue weighted by Gasteiger charge is 2.47. The van der Waals surface area contributed by atoms with E-state index in [2.05, 4.69) is 24.1 Å². The number of nitrogens with one attached hydrogen (secondary N) is 1. The molecule has 0 radical (unpaired) electrons. The zero-order chi connectivity index (χ0) is 28.7. The number of ether oxygens (including phenoxy) is 3. The van der Waals surface area contributed by atoms with Crippen LogP contribution in [0.1, 0.15) is 49.7 Å². The predicted molar refractivity (Wildman–Crippen MR) is 156 cm³/mol. The molecule has 2 aromatic carbocycles. The Morgan fingerprint density at radius 1 is 1.07 bits per heavy atom. The van der Waals surface area contributed by atoms with Crippen molar-refractivity contribution in [1.82, 2.24) is 19.7 Å². The molecule has 4 heterocycles. The van der Waals surface area contributed by atoms with Crippen LogP contribution in [-0.4, -0.2) is 71.8 Å². The fourth-order valence-electron chi connectivity index (χ4n) is 6.80. The highest BCUT2D eigenvalue weighted by Crippen LogP contribution is 2.37. The van der Waals surface area contributed by atoms with Gasteiger partial charge in [0.05, 0.1) is 19.2 Å². The summed E-state index contributed by atoms with van der Waals surface area (Å²) in [7, 11) is 1.63. The van der Waals surface area contributed by atoms with Gasteiger partial charge in [-0.25, -0.2) is 0 Å². The molecule has 1 fully saturated rings. The van der Waals surface area contributed by atoms with Gasteiger partial charge in [0.25, 0.3) is 5.91 Å². The van der Waals surface area contributed by atoms with Crippen molar-refractivity contribution in [1.29, 1.82) is 0 Å². The molecule has 6 rings (SSSR count). The van der Waals surface area contributed by atoms with Gasteiger partial charge in [0.15, 0.2) is 11.5 Å². The van der Waals surface area contributed by atoms with Crippen LogP contribution in [0.15, 0.2) is 42.5 Å². The fourth-order valence-corrected chi connectivity index (χ4v) is 6.80. The molecule has 1 saturated heterocycles. The van der Waals surface area contributed by atoms with E-state index >= 15 is 0 Å². The summed E-state index contributed by atoms with van der Waals surface area (Å²) >= 11 is 0. The minimum Gasteiger partial charge on any atom is -0.497 e. The van der Waals surface area contributed by atoms with Gasteiger partial charge in [-0.05, 0) is 74.0 Å². The van der Waals surface area contributed by atoms with E-state index < -0.39 is 5.54 Å². The van der Waals surface area contributed by atoms with Gasteiger partial charge in [0, 0.05) is 37.6 Å². The van der Waals surface area contributed by atoms with Gasteiger partial charge in [0.1, 0.15) is 17.0 Å². The maximum absolute atomic E-state index is 14.1. The number of hydrogen-bond acceptors (Lipinski definition) is 6. The van der Waals surface area contributed by atoms with Crippen LogP contribution in [0.5, 0.6) is 17.2 Å². The summed E-state index contributed by atoms with van der Waals surface area (Å²) in [5, 5.41) is 4.12. The van der Waals surface area contributed by atoms with Crippen LogP contribution in [0, 0.1) is 11.8 Å². The third-order valence-electron chi connectivity index (χ3n) is 8.79. The van der Waals surface area contributed by atoms with Gasteiger partial charge in [-0.1, -0.05) is 19.9 Å². The molecule has 0 spiro atoms. The molecule has 41 heavy (non-hydrogen) atoms. The number of piperidine rings is 1. The number of carbonyl (C=O) groups excluding carboxylic acids is 2. The third kappa shape index (κ3) is 5.23. The average molecular weight is 561 g/mol. The van der Waals surface area contributed by atoms with Crippen molar-refractivity contribution in [3.05, 3.63) is 53.7 Å². The first-order chi connectivity index (χ1) is 19.7. The number of amides is 2. The topological polar surface area (TPSA) is 85.3 Å². The SMILES string of the molecule is COc1ccc2cc3n(c2c1)C[C@@](C)(C(=O)NCCCN1C[C@H](C)C[C@H](C)C1)N(Cc1ccc2c(c1)OCO2)C3=O. The molecule has 0 aliphatic carbocycles. The second-order valence-electron chi connectivity index (χ2n) is 12.2. The third-order valence-corrected chi connectivity index (χ3v) is 8.79. The Kier molecular flexibility index (Phi) is 7.32. The first-order valence-electron chi connectivity index (χ1n) is 14.6. The molecule has 3 atom stereocenters. The summed E-state index contributed by atoms with van der Waals surface area (Å²) in [5.41, 5.74) is 1.21. The van der Waals surface area contributed by atoms with Crippen molar-refractivity contribution in [2.45, 2.75) is 52.2 Å². The summed E-state index contributed by atoms with van der Waals surface area (Å²) < 4.78 is 18.5. The largest absolute Gasteiger partial charge is 0.497 e. The molecule has 0 bridgehead atoms. The molecule has 3 aromatic rings. The smallest absolute Gasteiger partial charge is 0.271 e. The molecule has 3 aliphatic heterocycles. The lowest BCUT2D eigenvalue weighted by Crippen LogP contribution is -2.63. The van der Waals surface area contributed by atoms with E-state index in [1.54, 1.807) is 12.0 Å². The Bertz CT molecular complexity index is 1460. The van der Waals surface area contributed by atoms with Gasteiger partial charge in [-0.15, -0.1) is 0 Å². The lowest BCUT2D eigenvalue weighted by Gasteiger charge is -2.44. The van der Waals surface area contributed by atoms with E-state index in [9.17, 15) is 9.59 Å². The summed E-state index contributed by atoms with van der Waals surface area (Å²) in [6.07, 6.45) is 2.15. The van der Waals surface area contributed by atoms with Crippen molar-refractivity contribution in [3.63, 3.8) is 0 Å². The van der Waals surface area contributed by atoms with Crippen molar-refractivity contribution in [2.24, 2.45) is 11.8 Å². The van der Waals surface area contributed by atoms with Gasteiger partial charge in [-0.2, -0.15) is 0 Å². The fraction of sp³-hybridized carbons (Fsp3) is 0.500. The molecule has 1 aromatic heterocycles. The van der Waals surface area contributed by atoms with Crippen LogP contribution < -0.4 is 19.5 Å². The van der Waals surface area contributed by atoms with E-state index in [1.807, 2.05) is 54.0 Å². The number of benzene rings is 2. The van der Waals surface area contributed by atoms with Crippen molar-refractivity contribution in [2.75, 3.05) is 40.1 Å². The first kappa shape index (κ1) is 27.4. The zero-order valence-corrected chi connectivity index (χ0v) is 24.4. The number of rotatable bonds is 8. The molecule has 3 aliphatic rings. The minimum absolute atomic E-state index is 0.151. The maximum atomic E-state index is 14.1. The predicted octanol–water partition coefficient (Wildman–Crippen LogP) is 4.28. The monoisotopic (exact) mass is 560 g/mol. The van der Waals surface area contributed by atoms with E-state index in [-0.39, 0.29) is 25.2 Å². The second-order valence-corrected chi connectivity index (χ2v) is 12.2. The van der Waals surface area contributed by atoms with E-state index in [0.29, 0.717) is 47.9 Å². The second kappa shape index (κ2) is 10.9. The molecular formula is C32H40N4O5. The molecule has 1 N–H and O–H groups in total. The Morgan fingerprint density at radius 3 is 2.63 bits per heavy atom. The number of likely N-dealkylation sites (tertiary alicyclic amines) is 1. The van der Waals surface area contributed by atoms with Gasteiger partial charge in [-0.3, -0.25) is 9.59 Å². The summed E-state index contributed by atoms with van der Waals surface area (Å²) in [6, 6.07) is 13.3. The molecule has 218 valence electrons. The lowest BCUT2D eigenvalue weighted by molar-refractivity contribution is -0.133. The zero-order valence-electron chi connectivity index (χ0n) is 24.4. The number of carbonyl (C=O) groups is 2. The Balaban J connectivity index is 1.25. The number of methoxy groups -OCH3 is 1. The molecule has 9 heteroatoms. The van der Waals surface area contributed by atoms with Crippen molar-refractivity contribution in [3.8, 4) is 17.2 Å². The van der Waals surface area contributed by atoms with Gasteiger partial charge < -0.3 is 33.9 Å². The van der Waals surface area contributed by atoms with Gasteiger partial charge >= 0.3 is 0 Å². The molecular weight excluding hydrogens is 520 g/mol. The summed E-state index contributed by atoms with van der Waals surface area (Å²) in [6.45, 7) is 11.0. The van der Waals surface area contributed by atoms with Crippen molar-refractivity contribution < 1.29 is 23.8 Å².